The Morgan fingerprint density at radius 2 is 1.59 bits per heavy atom. The number of benzene rings is 2. The Morgan fingerprint density at radius 1 is 0.938 bits per heavy atom. The number of nitrogens with zero attached hydrogens (tertiary/aromatic N) is 2. The predicted molar refractivity (Wildman–Crippen MR) is 124 cm³/mol. The van der Waals surface area contributed by atoms with Crippen LogP contribution in [-0.4, -0.2) is 69.3 Å². The molecule has 3 rings (SSSR count). The zero-order chi connectivity index (χ0) is 23.0. The molecule has 1 saturated heterocycles. The fourth-order valence-electron chi connectivity index (χ4n) is 3.45. The van der Waals surface area contributed by atoms with E-state index < -0.39 is 10.0 Å². The molecule has 2 aromatic rings. The van der Waals surface area contributed by atoms with E-state index in [2.05, 4.69) is 17.0 Å². The Balaban J connectivity index is 1.52. The summed E-state index contributed by atoms with van der Waals surface area (Å²) in [5.74, 6) is -0.129. The van der Waals surface area contributed by atoms with Gasteiger partial charge < -0.3 is 10.2 Å². The number of carbonyl (C=O) groups is 2. The third-order valence-electron chi connectivity index (χ3n) is 5.32. The quantitative estimate of drug-likeness (QED) is 0.561. The number of amides is 2. The third kappa shape index (κ3) is 6.54. The second kappa shape index (κ2) is 11.1. The number of rotatable bonds is 9. The zero-order valence-corrected chi connectivity index (χ0v) is 19.1. The highest BCUT2D eigenvalue weighted by Gasteiger charge is 2.24. The summed E-state index contributed by atoms with van der Waals surface area (Å²) < 4.78 is 27.6. The summed E-state index contributed by atoms with van der Waals surface area (Å²) in [5.41, 5.74) is 0.916. The molecule has 0 spiro atoms. The van der Waals surface area contributed by atoms with Gasteiger partial charge in [-0.3, -0.25) is 19.2 Å². The van der Waals surface area contributed by atoms with Crippen molar-refractivity contribution in [2.45, 2.75) is 24.7 Å². The average Bonchev–Trinajstić information content (AvgIpc) is 2.80. The lowest BCUT2D eigenvalue weighted by Crippen LogP contribution is -2.51. The van der Waals surface area contributed by atoms with Gasteiger partial charge in [0.15, 0.2) is 0 Å². The van der Waals surface area contributed by atoms with E-state index in [9.17, 15) is 18.0 Å². The van der Waals surface area contributed by atoms with E-state index >= 15 is 0 Å². The summed E-state index contributed by atoms with van der Waals surface area (Å²) in [6.07, 6.45) is 2.01. The van der Waals surface area contributed by atoms with Crippen molar-refractivity contribution in [3.05, 3.63) is 60.2 Å². The maximum Gasteiger partial charge on any atom is 0.261 e. The van der Waals surface area contributed by atoms with Gasteiger partial charge >= 0.3 is 0 Å². The van der Waals surface area contributed by atoms with Crippen LogP contribution in [0.15, 0.2) is 59.5 Å². The Labute approximate surface area is 189 Å². The molecule has 32 heavy (non-hydrogen) atoms. The second-order valence-corrected chi connectivity index (χ2v) is 9.45. The van der Waals surface area contributed by atoms with Crippen LogP contribution in [0.4, 0.5) is 5.69 Å². The molecule has 1 aliphatic heterocycles. The summed E-state index contributed by atoms with van der Waals surface area (Å²) >= 11 is 0. The first-order chi connectivity index (χ1) is 15.4. The summed E-state index contributed by atoms with van der Waals surface area (Å²) in [6, 6.07) is 14.6. The minimum Gasteiger partial charge on any atom is -0.355 e. The molecule has 0 aliphatic carbocycles. The molecular weight excluding hydrogens is 428 g/mol. The SMILES string of the molecule is CCCCNC(=O)CN1CCN(C(=O)c2ccc(S(=O)(=O)Nc3ccccc3)cc2)CC1. The molecule has 0 aromatic heterocycles. The van der Waals surface area contributed by atoms with Crippen LogP contribution in [0.25, 0.3) is 0 Å². The number of unbranched alkanes of at least 4 members (excludes halogenated alkanes) is 1. The van der Waals surface area contributed by atoms with Gasteiger partial charge in [-0.15, -0.1) is 0 Å². The highest BCUT2D eigenvalue weighted by atomic mass is 32.2. The van der Waals surface area contributed by atoms with E-state index in [0.29, 0.717) is 50.5 Å². The topological polar surface area (TPSA) is 98.8 Å². The van der Waals surface area contributed by atoms with E-state index in [4.69, 9.17) is 0 Å². The van der Waals surface area contributed by atoms with Crippen LogP contribution in [0.1, 0.15) is 30.1 Å². The van der Waals surface area contributed by atoms with Crippen molar-refractivity contribution in [3.8, 4) is 0 Å². The van der Waals surface area contributed by atoms with Gasteiger partial charge in [0, 0.05) is 44.0 Å². The Hall–Kier alpha value is -2.91. The normalized spacial score (nSPS) is 14.7. The van der Waals surface area contributed by atoms with Crippen molar-refractivity contribution >= 4 is 27.5 Å². The van der Waals surface area contributed by atoms with Crippen LogP contribution in [0.2, 0.25) is 0 Å². The zero-order valence-electron chi connectivity index (χ0n) is 18.3. The largest absolute Gasteiger partial charge is 0.355 e. The lowest BCUT2D eigenvalue weighted by molar-refractivity contribution is -0.122. The monoisotopic (exact) mass is 458 g/mol. The number of nitrogens with one attached hydrogen (secondary N) is 2. The first-order valence-corrected chi connectivity index (χ1v) is 12.3. The van der Waals surface area contributed by atoms with Gasteiger partial charge in [0.05, 0.1) is 11.4 Å². The average molecular weight is 459 g/mol. The van der Waals surface area contributed by atoms with Crippen LogP contribution in [-0.2, 0) is 14.8 Å². The first-order valence-electron chi connectivity index (χ1n) is 10.9. The van der Waals surface area contributed by atoms with Gasteiger partial charge in [-0.25, -0.2) is 8.42 Å². The molecule has 9 heteroatoms. The van der Waals surface area contributed by atoms with E-state index in [0.717, 1.165) is 12.8 Å². The molecule has 2 N–H and O–H groups in total. The van der Waals surface area contributed by atoms with Crippen LogP contribution in [0.5, 0.6) is 0 Å². The summed E-state index contributed by atoms with van der Waals surface area (Å²) in [7, 11) is -3.73. The fourth-order valence-corrected chi connectivity index (χ4v) is 4.51. The number of carbonyl (C=O) groups excluding carboxylic acids is 2. The van der Waals surface area contributed by atoms with Gasteiger partial charge in [0.2, 0.25) is 5.91 Å². The molecule has 1 fully saturated rings. The number of hydrogen-bond acceptors (Lipinski definition) is 5. The number of anilines is 1. The molecule has 0 atom stereocenters. The van der Waals surface area contributed by atoms with Crippen molar-refractivity contribution in [2.75, 3.05) is 44.0 Å². The third-order valence-corrected chi connectivity index (χ3v) is 6.71. The smallest absolute Gasteiger partial charge is 0.261 e. The van der Waals surface area contributed by atoms with Gasteiger partial charge in [-0.05, 0) is 42.8 Å². The molecule has 0 radical (unpaired) electrons. The van der Waals surface area contributed by atoms with Crippen molar-refractivity contribution in [1.82, 2.24) is 15.1 Å². The summed E-state index contributed by atoms with van der Waals surface area (Å²) in [6.45, 7) is 5.41. The van der Waals surface area contributed by atoms with Crippen molar-refractivity contribution in [2.24, 2.45) is 0 Å². The summed E-state index contributed by atoms with van der Waals surface area (Å²) in [5, 5.41) is 2.91. The van der Waals surface area contributed by atoms with Crippen LogP contribution >= 0.6 is 0 Å². The highest BCUT2D eigenvalue weighted by molar-refractivity contribution is 7.92. The van der Waals surface area contributed by atoms with Gasteiger partial charge in [-0.1, -0.05) is 31.5 Å². The molecular formula is C23H30N4O4S. The molecule has 172 valence electrons. The Morgan fingerprint density at radius 3 is 2.22 bits per heavy atom. The van der Waals surface area contributed by atoms with Crippen LogP contribution < -0.4 is 10.0 Å². The molecule has 1 heterocycles. The molecule has 2 aromatic carbocycles. The van der Waals surface area contributed by atoms with E-state index in [1.807, 2.05) is 4.90 Å². The lowest BCUT2D eigenvalue weighted by atomic mass is 10.2. The highest BCUT2D eigenvalue weighted by Crippen LogP contribution is 2.17. The maximum absolute atomic E-state index is 12.8. The van der Waals surface area contributed by atoms with Gasteiger partial charge in [0.1, 0.15) is 0 Å². The molecule has 0 bridgehead atoms. The standard InChI is InChI=1S/C23H30N4O4S/c1-2-3-13-24-22(28)18-26-14-16-27(17-15-26)23(29)19-9-11-21(12-10-19)32(30,31)25-20-7-5-4-6-8-20/h4-12,25H,2-3,13-18H2,1H3,(H,24,28). The fraction of sp³-hybridized carbons (Fsp3) is 0.391. The van der Waals surface area contributed by atoms with Crippen molar-refractivity contribution in [1.29, 1.82) is 0 Å². The Kier molecular flexibility index (Phi) is 8.24. The molecule has 8 nitrogen and oxygen atoms in total. The van der Waals surface area contributed by atoms with Crippen molar-refractivity contribution < 1.29 is 18.0 Å². The maximum atomic E-state index is 12.8. The number of piperazine rings is 1. The van der Waals surface area contributed by atoms with Crippen LogP contribution in [0.3, 0.4) is 0 Å². The Bertz CT molecular complexity index is 1000. The van der Waals surface area contributed by atoms with Crippen LogP contribution in [0, 0.1) is 0 Å². The number of sulfonamides is 1. The first kappa shape index (κ1) is 23.7. The van der Waals surface area contributed by atoms with E-state index in [1.165, 1.54) is 24.3 Å². The predicted octanol–water partition coefficient (Wildman–Crippen LogP) is 2.16. The summed E-state index contributed by atoms with van der Waals surface area (Å²) in [4.78, 5) is 28.6. The molecule has 0 unspecified atom stereocenters. The number of para-hydroxylation sites is 1. The lowest BCUT2D eigenvalue weighted by Gasteiger charge is -2.34. The van der Waals surface area contributed by atoms with Gasteiger partial charge in [-0.2, -0.15) is 0 Å². The molecule has 0 saturated carbocycles. The number of hydrogen-bond donors (Lipinski definition) is 2. The molecule has 2 amide bonds. The minimum absolute atomic E-state index is 0.0131. The second-order valence-electron chi connectivity index (χ2n) is 7.77. The minimum atomic E-state index is -3.73. The van der Waals surface area contributed by atoms with Crippen molar-refractivity contribution in [3.63, 3.8) is 0 Å². The van der Waals surface area contributed by atoms with Gasteiger partial charge in [0.25, 0.3) is 15.9 Å². The van der Waals surface area contributed by atoms with E-state index in [-0.39, 0.29) is 16.7 Å². The molecule has 1 aliphatic rings. The van der Waals surface area contributed by atoms with E-state index in [1.54, 1.807) is 35.2 Å².